The summed E-state index contributed by atoms with van der Waals surface area (Å²) in [5.41, 5.74) is 10.4. The van der Waals surface area contributed by atoms with E-state index >= 15 is 0 Å². The van der Waals surface area contributed by atoms with Crippen molar-refractivity contribution in [3.05, 3.63) is 101 Å². The van der Waals surface area contributed by atoms with Gasteiger partial charge in [-0.1, -0.05) is 30.3 Å². The van der Waals surface area contributed by atoms with Crippen LogP contribution in [0.1, 0.15) is 38.3 Å². The number of amides is 2. The lowest BCUT2D eigenvalue weighted by Gasteiger charge is -2.26. The van der Waals surface area contributed by atoms with Crippen LogP contribution in [0.4, 0.5) is 0 Å². The Balaban J connectivity index is 1.27. The van der Waals surface area contributed by atoms with Crippen molar-refractivity contribution in [2.24, 2.45) is 5.73 Å². The van der Waals surface area contributed by atoms with Gasteiger partial charge in [0.05, 0.1) is 5.56 Å². The molecule has 2 amide bonds. The molecule has 0 radical (unpaired) electrons. The molecule has 0 spiro atoms. The lowest BCUT2D eigenvalue weighted by atomic mass is 9.99. The summed E-state index contributed by atoms with van der Waals surface area (Å²) < 4.78 is 5.81. The second-order valence-corrected chi connectivity index (χ2v) is 8.18. The Hall–Kier alpha value is -4.39. The number of pyridine rings is 1. The highest BCUT2D eigenvalue weighted by molar-refractivity contribution is 5.96. The number of H-pyrrole nitrogens is 1. The van der Waals surface area contributed by atoms with E-state index in [1.807, 2.05) is 41.4 Å². The number of fused-ring (bicyclic) bond motifs is 1. The van der Waals surface area contributed by atoms with Crippen molar-refractivity contribution in [2.45, 2.75) is 13.0 Å². The quantitative estimate of drug-likeness (QED) is 0.458. The number of para-hydroxylation sites is 1. The van der Waals surface area contributed by atoms with Crippen LogP contribution in [-0.4, -0.2) is 39.8 Å². The topological polar surface area (TPSA) is 101 Å². The van der Waals surface area contributed by atoms with Crippen molar-refractivity contribution < 1.29 is 14.3 Å². The molecule has 170 valence electrons. The third-order valence-corrected chi connectivity index (χ3v) is 6.01. The van der Waals surface area contributed by atoms with Crippen LogP contribution in [-0.2, 0) is 6.61 Å². The molecule has 0 fully saturated rings. The molecule has 0 saturated heterocycles. The van der Waals surface area contributed by atoms with E-state index in [9.17, 15) is 9.59 Å². The summed E-state index contributed by atoms with van der Waals surface area (Å²) in [6.07, 6.45) is 6.65. The van der Waals surface area contributed by atoms with E-state index in [2.05, 4.69) is 22.1 Å². The molecule has 4 aromatic rings. The standard InChI is InChI=1S/C27H24N4O3/c28-25(32)22-7-1-2-9-24(22)34-17-18-5-3-6-20(15-18)27(33)31-13-10-19(11-14-31)23-16-30-26-21(23)8-4-12-29-26/h1-10,12,15-16H,11,13-14,17H2,(H2,28,32)(H,29,30). The van der Waals surface area contributed by atoms with E-state index in [0.717, 1.165) is 28.6 Å². The summed E-state index contributed by atoms with van der Waals surface area (Å²) >= 11 is 0. The molecule has 0 unspecified atom stereocenters. The number of primary amides is 1. The predicted molar refractivity (Wildman–Crippen MR) is 130 cm³/mol. The van der Waals surface area contributed by atoms with E-state index in [4.69, 9.17) is 10.5 Å². The molecule has 3 heterocycles. The van der Waals surface area contributed by atoms with E-state index in [1.54, 1.807) is 30.5 Å². The third-order valence-electron chi connectivity index (χ3n) is 6.01. The van der Waals surface area contributed by atoms with Gasteiger partial charge in [-0.3, -0.25) is 9.59 Å². The van der Waals surface area contributed by atoms with E-state index in [0.29, 0.717) is 30.0 Å². The summed E-state index contributed by atoms with van der Waals surface area (Å²) in [4.78, 5) is 34.2. The maximum atomic E-state index is 13.2. The number of nitrogens with one attached hydrogen (secondary N) is 1. The Kier molecular flexibility index (Phi) is 5.82. The Bertz CT molecular complexity index is 1410. The summed E-state index contributed by atoms with van der Waals surface area (Å²) in [5.74, 6) is -0.135. The summed E-state index contributed by atoms with van der Waals surface area (Å²) in [7, 11) is 0. The largest absolute Gasteiger partial charge is 0.488 e. The molecule has 0 atom stereocenters. The average molecular weight is 453 g/mol. The first-order valence-electron chi connectivity index (χ1n) is 11.1. The Morgan fingerprint density at radius 3 is 2.79 bits per heavy atom. The molecule has 34 heavy (non-hydrogen) atoms. The van der Waals surface area contributed by atoms with Crippen molar-refractivity contribution in [3.8, 4) is 5.75 Å². The highest BCUT2D eigenvalue weighted by Crippen LogP contribution is 2.29. The molecule has 0 aliphatic carbocycles. The number of ether oxygens (including phenoxy) is 1. The van der Waals surface area contributed by atoms with Crippen molar-refractivity contribution in [1.82, 2.24) is 14.9 Å². The molecule has 2 aromatic carbocycles. The maximum absolute atomic E-state index is 13.2. The summed E-state index contributed by atoms with van der Waals surface area (Å²) in [5, 5.41) is 1.10. The molecular weight excluding hydrogens is 428 g/mol. The lowest BCUT2D eigenvalue weighted by molar-refractivity contribution is 0.0772. The number of aromatic nitrogens is 2. The molecule has 5 rings (SSSR count). The minimum absolute atomic E-state index is 0.0183. The van der Waals surface area contributed by atoms with Crippen molar-refractivity contribution in [3.63, 3.8) is 0 Å². The second-order valence-electron chi connectivity index (χ2n) is 8.18. The van der Waals surface area contributed by atoms with Crippen LogP contribution in [0, 0.1) is 0 Å². The van der Waals surface area contributed by atoms with Crippen molar-refractivity contribution in [1.29, 1.82) is 0 Å². The number of aromatic amines is 1. The van der Waals surface area contributed by atoms with Crippen LogP contribution in [0.5, 0.6) is 5.75 Å². The van der Waals surface area contributed by atoms with Crippen LogP contribution in [0.25, 0.3) is 16.6 Å². The normalized spacial score (nSPS) is 13.5. The highest BCUT2D eigenvalue weighted by atomic mass is 16.5. The third kappa shape index (κ3) is 4.28. The number of nitrogens with zero attached hydrogens (tertiary/aromatic N) is 2. The number of rotatable bonds is 6. The molecule has 7 nitrogen and oxygen atoms in total. The Morgan fingerprint density at radius 1 is 1.09 bits per heavy atom. The predicted octanol–water partition coefficient (Wildman–Crippen LogP) is 4.17. The van der Waals surface area contributed by atoms with Gasteiger partial charge in [0.1, 0.15) is 18.0 Å². The molecule has 7 heteroatoms. The minimum atomic E-state index is -0.541. The van der Waals surface area contributed by atoms with E-state index in [-0.39, 0.29) is 12.5 Å². The van der Waals surface area contributed by atoms with Gasteiger partial charge in [0, 0.05) is 42.0 Å². The molecule has 1 aliphatic heterocycles. The summed E-state index contributed by atoms with van der Waals surface area (Å²) in [6.45, 7) is 1.42. The SMILES string of the molecule is NC(=O)c1ccccc1OCc1cccc(C(=O)N2CC=C(c3c[nH]c4ncccc34)CC2)c1. The van der Waals surface area contributed by atoms with E-state index in [1.165, 1.54) is 5.57 Å². The van der Waals surface area contributed by atoms with Crippen molar-refractivity contribution in [2.75, 3.05) is 13.1 Å². The van der Waals surface area contributed by atoms with Crippen molar-refractivity contribution >= 4 is 28.4 Å². The first-order chi connectivity index (χ1) is 16.6. The fraction of sp³-hybridized carbons (Fsp3) is 0.148. The molecule has 0 saturated carbocycles. The van der Waals surface area contributed by atoms with Gasteiger partial charge in [0.25, 0.3) is 11.8 Å². The number of carbonyl (C=O) groups excluding carboxylic acids is 2. The lowest BCUT2D eigenvalue weighted by Crippen LogP contribution is -2.34. The van der Waals surface area contributed by atoms with Crippen LogP contribution in [0.3, 0.4) is 0 Å². The number of hydrogen-bond acceptors (Lipinski definition) is 4. The molecule has 0 bridgehead atoms. The molecular formula is C27H24N4O3. The fourth-order valence-electron chi connectivity index (χ4n) is 4.25. The minimum Gasteiger partial charge on any atom is -0.488 e. The van der Waals surface area contributed by atoms with Gasteiger partial charge < -0.3 is 20.4 Å². The Morgan fingerprint density at radius 2 is 1.97 bits per heavy atom. The van der Waals surface area contributed by atoms with E-state index < -0.39 is 5.91 Å². The highest BCUT2D eigenvalue weighted by Gasteiger charge is 2.21. The number of benzene rings is 2. The van der Waals surface area contributed by atoms with Gasteiger partial charge >= 0.3 is 0 Å². The smallest absolute Gasteiger partial charge is 0.254 e. The van der Waals surface area contributed by atoms with Gasteiger partial charge in [-0.2, -0.15) is 0 Å². The Labute approximate surface area is 196 Å². The zero-order valence-electron chi connectivity index (χ0n) is 18.5. The zero-order valence-corrected chi connectivity index (χ0v) is 18.5. The molecule has 2 aromatic heterocycles. The first kappa shape index (κ1) is 21.5. The number of hydrogen-bond donors (Lipinski definition) is 2. The molecule has 1 aliphatic rings. The van der Waals surface area contributed by atoms with Crippen LogP contribution < -0.4 is 10.5 Å². The van der Waals surface area contributed by atoms with Gasteiger partial charge in [0.2, 0.25) is 0 Å². The fourth-order valence-corrected chi connectivity index (χ4v) is 4.25. The second kappa shape index (κ2) is 9.23. The first-order valence-corrected chi connectivity index (χ1v) is 11.1. The van der Waals surface area contributed by atoms with Crippen LogP contribution in [0.15, 0.2) is 79.1 Å². The number of nitrogens with two attached hydrogens (primary N) is 1. The van der Waals surface area contributed by atoms with Crippen LogP contribution in [0.2, 0.25) is 0 Å². The van der Waals surface area contributed by atoms with Crippen LogP contribution >= 0.6 is 0 Å². The molecule has 3 N–H and O–H groups in total. The summed E-state index contributed by atoms with van der Waals surface area (Å²) in [6, 6.07) is 18.2. The number of carbonyl (C=O) groups is 2. The maximum Gasteiger partial charge on any atom is 0.254 e. The average Bonchev–Trinajstić information content (AvgIpc) is 3.32. The monoisotopic (exact) mass is 452 g/mol. The van der Waals surface area contributed by atoms with Gasteiger partial charge in [-0.15, -0.1) is 0 Å². The van der Waals surface area contributed by atoms with Gasteiger partial charge in [-0.25, -0.2) is 4.98 Å². The van der Waals surface area contributed by atoms with Gasteiger partial charge in [0.15, 0.2) is 0 Å². The van der Waals surface area contributed by atoms with Gasteiger partial charge in [-0.05, 0) is 54.0 Å². The zero-order chi connectivity index (χ0) is 23.5.